The van der Waals surface area contributed by atoms with Crippen LogP contribution in [0.1, 0.15) is 10.4 Å². The number of rotatable bonds is 6. The van der Waals surface area contributed by atoms with E-state index >= 15 is 0 Å². The van der Waals surface area contributed by atoms with Crippen LogP contribution in [0.3, 0.4) is 0 Å². The first kappa shape index (κ1) is 20.5. The predicted octanol–water partition coefficient (Wildman–Crippen LogP) is 1.34. The molecule has 2 aromatic rings. The molecule has 3 rings (SSSR count). The van der Waals surface area contributed by atoms with Crippen molar-refractivity contribution in [3.63, 3.8) is 0 Å². The van der Waals surface area contributed by atoms with Gasteiger partial charge in [-0.25, -0.2) is 4.39 Å². The first-order valence-corrected chi connectivity index (χ1v) is 9.40. The van der Waals surface area contributed by atoms with E-state index in [1.165, 1.54) is 24.3 Å². The highest BCUT2D eigenvalue weighted by Crippen LogP contribution is 2.09. The molecule has 0 radical (unpaired) electrons. The highest BCUT2D eigenvalue weighted by atomic mass is 19.1. The van der Waals surface area contributed by atoms with Gasteiger partial charge in [-0.3, -0.25) is 19.3 Å². The van der Waals surface area contributed by atoms with E-state index < -0.39 is 0 Å². The zero-order valence-electron chi connectivity index (χ0n) is 15.9. The highest BCUT2D eigenvalue weighted by molar-refractivity contribution is 5.95. The van der Waals surface area contributed by atoms with Gasteiger partial charge in [0.15, 0.2) is 0 Å². The maximum atomic E-state index is 12.9. The van der Waals surface area contributed by atoms with Crippen molar-refractivity contribution in [3.8, 4) is 0 Å². The van der Waals surface area contributed by atoms with E-state index in [2.05, 4.69) is 10.6 Å². The van der Waals surface area contributed by atoms with E-state index in [0.29, 0.717) is 37.4 Å². The van der Waals surface area contributed by atoms with Crippen molar-refractivity contribution < 1.29 is 18.8 Å². The topological polar surface area (TPSA) is 81.8 Å². The number of carbonyl (C=O) groups excluding carboxylic acids is 3. The molecule has 1 saturated heterocycles. The number of halogens is 1. The van der Waals surface area contributed by atoms with Crippen LogP contribution in [0, 0.1) is 5.82 Å². The molecule has 0 spiro atoms. The summed E-state index contributed by atoms with van der Waals surface area (Å²) in [5, 5.41) is 5.16. The minimum absolute atomic E-state index is 0.00725. The van der Waals surface area contributed by atoms with Gasteiger partial charge in [0.1, 0.15) is 5.82 Å². The summed E-state index contributed by atoms with van der Waals surface area (Å²) in [6.07, 6.45) is 0. The molecule has 0 aliphatic carbocycles. The van der Waals surface area contributed by atoms with Crippen LogP contribution < -0.4 is 10.6 Å². The van der Waals surface area contributed by atoms with Crippen LogP contribution in [0.25, 0.3) is 0 Å². The molecule has 0 bridgehead atoms. The van der Waals surface area contributed by atoms with Crippen molar-refractivity contribution in [3.05, 3.63) is 66.0 Å². The summed E-state index contributed by atoms with van der Waals surface area (Å²) >= 11 is 0. The Morgan fingerprint density at radius 1 is 0.862 bits per heavy atom. The monoisotopic (exact) mass is 398 g/mol. The molecular formula is C21H23FN4O3. The van der Waals surface area contributed by atoms with Crippen molar-refractivity contribution >= 4 is 23.4 Å². The largest absolute Gasteiger partial charge is 0.346 e. The number of hydrogen-bond donors (Lipinski definition) is 2. The number of benzene rings is 2. The van der Waals surface area contributed by atoms with E-state index in [1.54, 1.807) is 17.0 Å². The van der Waals surface area contributed by atoms with Crippen LogP contribution in [-0.4, -0.2) is 66.8 Å². The summed E-state index contributed by atoms with van der Waals surface area (Å²) in [6, 6.07) is 14.5. The Kier molecular flexibility index (Phi) is 6.91. The molecule has 1 aliphatic rings. The summed E-state index contributed by atoms with van der Waals surface area (Å²) in [6.45, 7) is 2.28. The number of nitrogens with zero attached hydrogens (tertiary/aromatic N) is 2. The van der Waals surface area contributed by atoms with Gasteiger partial charge in [-0.15, -0.1) is 0 Å². The second-order valence-corrected chi connectivity index (χ2v) is 6.77. The summed E-state index contributed by atoms with van der Waals surface area (Å²) < 4.78 is 12.9. The Morgan fingerprint density at radius 2 is 1.52 bits per heavy atom. The Morgan fingerprint density at radius 3 is 2.17 bits per heavy atom. The van der Waals surface area contributed by atoms with Crippen LogP contribution in [0.2, 0.25) is 0 Å². The third-order valence-corrected chi connectivity index (χ3v) is 4.62. The van der Waals surface area contributed by atoms with Crippen molar-refractivity contribution in [1.29, 1.82) is 0 Å². The highest BCUT2D eigenvalue weighted by Gasteiger charge is 2.23. The van der Waals surface area contributed by atoms with Crippen LogP contribution >= 0.6 is 0 Å². The van der Waals surface area contributed by atoms with Crippen molar-refractivity contribution in [2.75, 3.05) is 44.6 Å². The number of piperazine rings is 1. The van der Waals surface area contributed by atoms with Gasteiger partial charge in [-0.05, 0) is 36.4 Å². The van der Waals surface area contributed by atoms with Crippen LogP contribution in [0.5, 0.6) is 0 Å². The Labute approximate surface area is 168 Å². The van der Waals surface area contributed by atoms with Gasteiger partial charge in [-0.2, -0.15) is 0 Å². The predicted molar refractivity (Wildman–Crippen MR) is 107 cm³/mol. The summed E-state index contributed by atoms with van der Waals surface area (Å²) in [5.74, 6) is -1.04. The van der Waals surface area contributed by atoms with Crippen LogP contribution in [-0.2, 0) is 9.59 Å². The number of nitrogens with one attached hydrogen (secondary N) is 2. The first-order valence-electron chi connectivity index (χ1n) is 9.40. The quantitative estimate of drug-likeness (QED) is 0.770. The lowest BCUT2D eigenvalue weighted by Gasteiger charge is -2.34. The lowest BCUT2D eigenvalue weighted by Crippen LogP contribution is -2.51. The van der Waals surface area contributed by atoms with Gasteiger partial charge in [0, 0.05) is 37.4 Å². The van der Waals surface area contributed by atoms with Gasteiger partial charge in [0.25, 0.3) is 5.91 Å². The smallest absolute Gasteiger partial charge is 0.253 e. The van der Waals surface area contributed by atoms with E-state index in [-0.39, 0.29) is 36.6 Å². The van der Waals surface area contributed by atoms with Crippen LogP contribution in [0.15, 0.2) is 54.6 Å². The number of carbonyl (C=O) groups is 3. The fourth-order valence-electron chi connectivity index (χ4n) is 3.05. The molecule has 152 valence electrons. The molecule has 0 unspecified atom stereocenters. The average Bonchev–Trinajstić information content (AvgIpc) is 2.74. The molecule has 2 N–H and O–H groups in total. The van der Waals surface area contributed by atoms with E-state index in [1.807, 2.05) is 23.1 Å². The van der Waals surface area contributed by atoms with E-state index in [4.69, 9.17) is 0 Å². The molecule has 7 nitrogen and oxygen atoms in total. The Hall–Kier alpha value is -3.26. The molecule has 1 fully saturated rings. The summed E-state index contributed by atoms with van der Waals surface area (Å²) in [7, 11) is 0. The fraction of sp³-hybridized carbons (Fsp3) is 0.286. The van der Waals surface area contributed by atoms with Crippen molar-refractivity contribution in [2.45, 2.75) is 0 Å². The third-order valence-electron chi connectivity index (χ3n) is 4.62. The minimum atomic E-state index is -0.387. The van der Waals surface area contributed by atoms with Crippen LogP contribution in [0.4, 0.5) is 10.1 Å². The van der Waals surface area contributed by atoms with Crippen molar-refractivity contribution in [1.82, 2.24) is 15.1 Å². The molecule has 2 aromatic carbocycles. The zero-order valence-corrected chi connectivity index (χ0v) is 15.9. The lowest BCUT2D eigenvalue weighted by molar-refractivity contribution is -0.125. The third kappa shape index (κ3) is 6.11. The second kappa shape index (κ2) is 9.79. The maximum absolute atomic E-state index is 12.9. The van der Waals surface area contributed by atoms with Gasteiger partial charge >= 0.3 is 0 Å². The SMILES string of the molecule is O=C(CN1CCN(C(=O)c2ccccc2)CC1)NCC(=O)Nc1ccc(F)cc1. The molecule has 0 saturated carbocycles. The number of hydrogen-bond acceptors (Lipinski definition) is 4. The standard InChI is InChI=1S/C21H23FN4O3/c22-17-6-8-18(9-7-17)24-19(27)14-23-20(28)15-25-10-12-26(13-11-25)21(29)16-4-2-1-3-5-16/h1-9H,10-15H2,(H,23,28)(H,24,27). The van der Waals surface area contributed by atoms with E-state index in [0.717, 1.165) is 0 Å². The lowest BCUT2D eigenvalue weighted by atomic mass is 10.2. The van der Waals surface area contributed by atoms with Gasteiger partial charge < -0.3 is 15.5 Å². The molecule has 3 amide bonds. The van der Waals surface area contributed by atoms with Crippen molar-refractivity contribution in [2.24, 2.45) is 0 Å². The molecule has 29 heavy (non-hydrogen) atoms. The molecule has 1 aliphatic heterocycles. The first-order chi connectivity index (χ1) is 14.0. The molecule has 8 heteroatoms. The molecule has 0 aromatic heterocycles. The zero-order chi connectivity index (χ0) is 20.6. The second-order valence-electron chi connectivity index (χ2n) is 6.77. The summed E-state index contributed by atoms with van der Waals surface area (Å²) in [5.41, 5.74) is 1.12. The number of amides is 3. The average molecular weight is 398 g/mol. The Bertz CT molecular complexity index is 850. The molecule has 0 atom stereocenters. The van der Waals surface area contributed by atoms with E-state index in [9.17, 15) is 18.8 Å². The van der Waals surface area contributed by atoms with Gasteiger partial charge in [-0.1, -0.05) is 18.2 Å². The fourth-order valence-corrected chi connectivity index (χ4v) is 3.05. The van der Waals surface area contributed by atoms with Gasteiger partial charge in [0.2, 0.25) is 11.8 Å². The summed E-state index contributed by atoms with van der Waals surface area (Å²) in [4.78, 5) is 40.1. The minimum Gasteiger partial charge on any atom is -0.346 e. The maximum Gasteiger partial charge on any atom is 0.253 e. The molecule has 1 heterocycles. The Balaban J connectivity index is 1.36. The normalized spacial score (nSPS) is 14.3. The van der Waals surface area contributed by atoms with Gasteiger partial charge in [0.05, 0.1) is 13.1 Å². The molecular weight excluding hydrogens is 375 g/mol. The number of anilines is 1.